The zero-order valence-corrected chi connectivity index (χ0v) is 20.1. The van der Waals surface area contributed by atoms with Gasteiger partial charge in [0.2, 0.25) is 6.79 Å². The Labute approximate surface area is 199 Å². The molecule has 1 aliphatic rings. The lowest BCUT2D eigenvalue weighted by atomic mass is 10.1. The van der Waals surface area contributed by atoms with E-state index < -0.39 is 0 Å². The zero-order chi connectivity index (χ0) is 23.4. The van der Waals surface area contributed by atoms with Gasteiger partial charge in [0.15, 0.2) is 16.6 Å². The summed E-state index contributed by atoms with van der Waals surface area (Å²) in [6.45, 7) is 4.38. The molecular weight excluding hydrogens is 436 g/mol. The number of aromatic amines is 1. The summed E-state index contributed by atoms with van der Waals surface area (Å²) in [7, 11) is 4.10. The van der Waals surface area contributed by atoms with Gasteiger partial charge in [-0.25, -0.2) is 0 Å². The first-order chi connectivity index (χ1) is 15.9. The third-order valence-corrected chi connectivity index (χ3v) is 6.11. The second-order valence-corrected chi connectivity index (χ2v) is 8.96. The average Bonchev–Trinajstić information content (AvgIpc) is 3.24. The summed E-state index contributed by atoms with van der Waals surface area (Å²) in [5.41, 5.74) is 2.42. The molecule has 1 atom stereocenters. The highest BCUT2D eigenvalue weighted by molar-refractivity contribution is 7.80. The molecule has 2 N–H and O–H groups in total. The van der Waals surface area contributed by atoms with Crippen LogP contribution in [0.25, 0.3) is 10.9 Å². The lowest BCUT2D eigenvalue weighted by molar-refractivity contribution is 0.174. The monoisotopic (exact) mass is 466 g/mol. The molecule has 0 saturated heterocycles. The third kappa shape index (κ3) is 5.64. The van der Waals surface area contributed by atoms with Crippen molar-refractivity contribution in [3.8, 4) is 11.5 Å². The summed E-state index contributed by atoms with van der Waals surface area (Å²) < 4.78 is 10.9. The van der Waals surface area contributed by atoms with E-state index in [0.29, 0.717) is 28.7 Å². The second-order valence-electron chi connectivity index (χ2n) is 8.58. The molecule has 0 amide bonds. The molecule has 174 valence electrons. The van der Waals surface area contributed by atoms with Gasteiger partial charge in [-0.2, -0.15) is 0 Å². The number of pyridine rings is 1. The number of rotatable bonds is 8. The van der Waals surface area contributed by atoms with Gasteiger partial charge in [0, 0.05) is 23.6 Å². The molecule has 8 heteroatoms. The lowest BCUT2D eigenvalue weighted by Gasteiger charge is -2.28. The summed E-state index contributed by atoms with van der Waals surface area (Å²) in [4.78, 5) is 20.1. The minimum absolute atomic E-state index is 0.0599. The van der Waals surface area contributed by atoms with Gasteiger partial charge >= 0.3 is 0 Å². The van der Waals surface area contributed by atoms with Crippen LogP contribution in [0.5, 0.6) is 11.5 Å². The predicted molar refractivity (Wildman–Crippen MR) is 135 cm³/mol. The quantitative estimate of drug-likeness (QED) is 0.491. The molecule has 1 aromatic heterocycles. The molecule has 33 heavy (non-hydrogen) atoms. The summed E-state index contributed by atoms with van der Waals surface area (Å²) >= 11 is 5.79. The van der Waals surface area contributed by atoms with Crippen molar-refractivity contribution in [2.24, 2.45) is 0 Å². The standard InChI is InChI=1S/C25H30N4O3S/c1-17(18-8-5-4-6-9-18)26-25(33)29(11-7-10-28(2)3)15-20-12-19-13-22-23(32-16-31-22)14-21(19)27-24(20)30/h4-6,8-9,12-14,17H,7,10-11,15-16H2,1-3H3,(H,26,33)(H,27,30). The number of aromatic nitrogens is 1. The number of nitrogens with one attached hydrogen (secondary N) is 2. The molecule has 2 heterocycles. The first-order valence-corrected chi connectivity index (χ1v) is 11.5. The van der Waals surface area contributed by atoms with E-state index in [1.807, 2.05) is 36.4 Å². The van der Waals surface area contributed by atoms with Gasteiger partial charge in [-0.15, -0.1) is 0 Å². The van der Waals surface area contributed by atoms with Crippen LogP contribution in [-0.2, 0) is 6.54 Å². The SMILES string of the molecule is CC(NC(=S)N(CCCN(C)C)Cc1cc2cc3c(cc2[nH]c1=O)OCO3)c1ccccc1. The number of fused-ring (bicyclic) bond motifs is 2. The molecule has 0 aliphatic carbocycles. The van der Waals surface area contributed by atoms with E-state index in [4.69, 9.17) is 21.7 Å². The van der Waals surface area contributed by atoms with Crippen molar-refractivity contribution in [1.82, 2.24) is 20.1 Å². The Morgan fingerprint density at radius 3 is 2.58 bits per heavy atom. The van der Waals surface area contributed by atoms with Crippen LogP contribution in [0, 0.1) is 0 Å². The van der Waals surface area contributed by atoms with E-state index in [9.17, 15) is 4.79 Å². The number of H-pyrrole nitrogens is 1. The fourth-order valence-corrected chi connectivity index (χ4v) is 4.23. The normalized spacial score (nSPS) is 13.3. The van der Waals surface area contributed by atoms with Gasteiger partial charge < -0.3 is 29.6 Å². The molecule has 0 spiro atoms. The highest BCUT2D eigenvalue weighted by Gasteiger charge is 2.18. The third-order valence-electron chi connectivity index (χ3n) is 5.74. The minimum atomic E-state index is -0.127. The van der Waals surface area contributed by atoms with Crippen molar-refractivity contribution in [2.45, 2.75) is 25.9 Å². The highest BCUT2D eigenvalue weighted by Crippen LogP contribution is 2.35. The van der Waals surface area contributed by atoms with Crippen LogP contribution in [0.15, 0.2) is 53.3 Å². The van der Waals surface area contributed by atoms with Crippen molar-refractivity contribution in [2.75, 3.05) is 34.0 Å². The smallest absolute Gasteiger partial charge is 0.253 e. The first-order valence-electron chi connectivity index (χ1n) is 11.1. The molecule has 3 aromatic rings. The average molecular weight is 467 g/mol. The predicted octanol–water partition coefficient (Wildman–Crippen LogP) is 3.65. The van der Waals surface area contributed by atoms with Gasteiger partial charge in [-0.3, -0.25) is 4.79 Å². The number of benzene rings is 2. The number of ether oxygens (including phenoxy) is 2. The Balaban J connectivity index is 1.55. The zero-order valence-electron chi connectivity index (χ0n) is 19.3. The fraction of sp³-hybridized carbons (Fsp3) is 0.360. The van der Waals surface area contributed by atoms with Crippen LogP contribution in [-0.4, -0.2) is 53.9 Å². The molecule has 1 aliphatic heterocycles. The lowest BCUT2D eigenvalue weighted by Crippen LogP contribution is -2.42. The van der Waals surface area contributed by atoms with Crippen LogP contribution in [0.4, 0.5) is 0 Å². The Kier molecular flexibility index (Phi) is 7.15. The van der Waals surface area contributed by atoms with E-state index in [1.54, 1.807) is 0 Å². The van der Waals surface area contributed by atoms with Gasteiger partial charge in [0.25, 0.3) is 5.56 Å². The Hall–Kier alpha value is -3.10. The van der Waals surface area contributed by atoms with Crippen LogP contribution in [0.3, 0.4) is 0 Å². The summed E-state index contributed by atoms with van der Waals surface area (Å²) in [5, 5.41) is 4.98. The second kappa shape index (κ2) is 10.2. The molecule has 7 nitrogen and oxygen atoms in total. The van der Waals surface area contributed by atoms with Gasteiger partial charge in [0.05, 0.1) is 18.1 Å². The van der Waals surface area contributed by atoms with E-state index in [2.05, 4.69) is 53.3 Å². The largest absolute Gasteiger partial charge is 0.454 e. The fourth-order valence-electron chi connectivity index (χ4n) is 3.90. The van der Waals surface area contributed by atoms with Crippen molar-refractivity contribution >= 4 is 28.2 Å². The summed E-state index contributed by atoms with van der Waals surface area (Å²) in [6.07, 6.45) is 0.929. The Morgan fingerprint density at radius 2 is 1.85 bits per heavy atom. The van der Waals surface area contributed by atoms with Crippen molar-refractivity contribution in [3.63, 3.8) is 0 Å². The number of hydrogen-bond donors (Lipinski definition) is 2. The van der Waals surface area contributed by atoms with Crippen LogP contribution in [0.2, 0.25) is 0 Å². The first kappa shape index (κ1) is 23.1. The van der Waals surface area contributed by atoms with Crippen LogP contribution < -0.4 is 20.3 Å². The molecule has 1 unspecified atom stereocenters. The summed E-state index contributed by atoms with van der Waals surface area (Å²) in [5.74, 6) is 1.34. The molecule has 0 bridgehead atoms. The molecular formula is C25H30N4O3S. The Bertz CT molecular complexity index is 1180. The summed E-state index contributed by atoms with van der Waals surface area (Å²) in [6, 6.07) is 15.9. The van der Waals surface area contributed by atoms with E-state index in [1.165, 1.54) is 0 Å². The molecule has 4 rings (SSSR count). The number of thiocarbonyl (C=S) groups is 1. The van der Waals surface area contributed by atoms with E-state index >= 15 is 0 Å². The maximum absolute atomic E-state index is 12.9. The van der Waals surface area contributed by atoms with Gasteiger partial charge in [-0.05, 0) is 63.9 Å². The topological polar surface area (TPSA) is 69.8 Å². The number of hydrogen-bond acceptors (Lipinski definition) is 5. The Morgan fingerprint density at radius 1 is 1.12 bits per heavy atom. The van der Waals surface area contributed by atoms with Crippen LogP contribution >= 0.6 is 12.2 Å². The van der Waals surface area contributed by atoms with Gasteiger partial charge in [-0.1, -0.05) is 30.3 Å². The molecule has 0 saturated carbocycles. The van der Waals surface area contributed by atoms with Gasteiger partial charge in [0.1, 0.15) is 0 Å². The minimum Gasteiger partial charge on any atom is -0.454 e. The highest BCUT2D eigenvalue weighted by atomic mass is 32.1. The molecule has 0 radical (unpaired) electrons. The van der Waals surface area contributed by atoms with Crippen molar-refractivity contribution in [1.29, 1.82) is 0 Å². The van der Waals surface area contributed by atoms with E-state index in [-0.39, 0.29) is 18.4 Å². The molecule has 0 fully saturated rings. The maximum Gasteiger partial charge on any atom is 0.253 e. The van der Waals surface area contributed by atoms with Crippen LogP contribution in [0.1, 0.15) is 30.5 Å². The van der Waals surface area contributed by atoms with Crippen molar-refractivity contribution < 1.29 is 9.47 Å². The number of nitrogens with zero attached hydrogens (tertiary/aromatic N) is 2. The molecule has 2 aromatic carbocycles. The maximum atomic E-state index is 12.9. The van der Waals surface area contributed by atoms with E-state index in [0.717, 1.165) is 36.0 Å². The van der Waals surface area contributed by atoms with Crippen molar-refractivity contribution in [3.05, 3.63) is 70.0 Å².